The predicted octanol–water partition coefficient (Wildman–Crippen LogP) is 6.31. The summed E-state index contributed by atoms with van der Waals surface area (Å²) in [4.78, 5) is 14.2. The number of fused-ring (bicyclic) bond motifs is 1. The summed E-state index contributed by atoms with van der Waals surface area (Å²) in [5, 5.41) is 11.3. The Labute approximate surface area is 231 Å². The van der Waals surface area contributed by atoms with E-state index in [9.17, 15) is 4.79 Å². The Morgan fingerprint density at radius 1 is 0.946 bits per heavy atom. The van der Waals surface area contributed by atoms with Gasteiger partial charge in [-0.2, -0.15) is 0 Å². The topological polar surface area (TPSA) is 110 Å². The molecule has 0 radical (unpaired) electrons. The molecule has 0 spiro atoms. The van der Waals surface area contributed by atoms with Gasteiger partial charge in [-0.1, -0.05) is 83.9 Å². The van der Waals surface area contributed by atoms with Gasteiger partial charge < -0.3 is 11.5 Å². The molecule has 0 fully saturated rings. The molecule has 0 bridgehead atoms. The van der Waals surface area contributed by atoms with Crippen LogP contribution in [0.3, 0.4) is 0 Å². The van der Waals surface area contributed by atoms with Crippen LogP contribution in [0, 0.1) is 0 Å². The van der Waals surface area contributed by atoms with E-state index in [1.165, 1.54) is 11.1 Å². The lowest BCUT2D eigenvalue weighted by Gasteiger charge is -2.24. The minimum atomic E-state index is -0.528. The van der Waals surface area contributed by atoms with Crippen LogP contribution in [-0.4, -0.2) is 21.2 Å². The first-order valence-corrected chi connectivity index (χ1v) is 12.9. The van der Waals surface area contributed by atoms with Crippen LogP contribution < -0.4 is 21.9 Å². The first kappa shape index (κ1) is 24.9. The number of nitrogens with two attached hydrogens (primary N) is 2. The number of carbonyl (C=O) groups is 1. The van der Waals surface area contributed by atoms with Crippen molar-refractivity contribution in [2.75, 3.05) is 10.7 Å². The molecular formula is C26H18Cl2N6OS2. The second-order valence-electron chi connectivity index (χ2n) is 7.89. The molecule has 5 rings (SSSR count). The van der Waals surface area contributed by atoms with Crippen LogP contribution in [0.15, 0.2) is 78.9 Å². The van der Waals surface area contributed by atoms with Crippen LogP contribution in [0.25, 0.3) is 32.6 Å². The third kappa shape index (κ3) is 4.82. The smallest absolute Gasteiger partial charge is 0.282 e. The Balaban J connectivity index is 1.63. The SMILES string of the molecule is NC(=S)N(NC(=O)c1sc2nnc(-c3ccccc3)c(-c3ccccc3)c2c1N)c1ccc(Cl)cc1Cl. The van der Waals surface area contributed by atoms with Gasteiger partial charge in [0.15, 0.2) is 5.11 Å². The van der Waals surface area contributed by atoms with Crippen LogP contribution in [0.4, 0.5) is 11.4 Å². The van der Waals surface area contributed by atoms with E-state index >= 15 is 0 Å². The summed E-state index contributed by atoms with van der Waals surface area (Å²) in [6.07, 6.45) is 0. The quantitative estimate of drug-likeness (QED) is 0.173. The van der Waals surface area contributed by atoms with Crippen molar-refractivity contribution in [3.8, 4) is 22.4 Å². The lowest BCUT2D eigenvalue weighted by molar-refractivity contribution is 0.0960. The van der Waals surface area contributed by atoms with Crippen molar-refractivity contribution < 1.29 is 4.79 Å². The van der Waals surface area contributed by atoms with Gasteiger partial charge in [-0.3, -0.25) is 10.2 Å². The molecule has 5 aromatic rings. The van der Waals surface area contributed by atoms with E-state index in [1.54, 1.807) is 12.1 Å². The number of nitrogen functional groups attached to an aromatic ring is 1. The summed E-state index contributed by atoms with van der Waals surface area (Å²) in [5.74, 6) is -0.528. The fourth-order valence-corrected chi connectivity index (χ4v) is 5.49. The zero-order valence-corrected chi connectivity index (χ0v) is 22.1. The van der Waals surface area contributed by atoms with E-state index in [-0.39, 0.29) is 20.7 Å². The highest BCUT2D eigenvalue weighted by molar-refractivity contribution is 7.80. The van der Waals surface area contributed by atoms with Crippen LogP contribution >= 0.6 is 46.8 Å². The summed E-state index contributed by atoms with van der Waals surface area (Å²) >= 11 is 18.6. The van der Waals surface area contributed by atoms with E-state index in [1.807, 2.05) is 60.7 Å². The molecule has 5 N–H and O–H groups in total. The molecule has 0 atom stereocenters. The fraction of sp³-hybridized carbons (Fsp3) is 0. The molecule has 184 valence electrons. The van der Waals surface area contributed by atoms with Crippen LogP contribution in [0.1, 0.15) is 9.67 Å². The maximum atomic E-state index is 13.4. The molecule has 11 heteroatoms. The van der Waals surface area contributed by atoms with Gasteiger partial charge in [0, 0.05) is 21.5 Å². The van der Waals surface area contributed by atoms with Gasteiger partial charge in [0.25, 0.3) is 5.91 Å². The van der Waals surface area contributed by atoms with Gasteiger partial charge in [-0.05, 0) is 36.0 Å². The zero-order chi connectivity index (χ0) is 26.1. The Morgan fingerprint density at radius 2 is 1.59 bits per heavy atom. The van der Waals surface area contributed by atoms with Gasteiger partial charge in [0.1, 0.15) is 15.4 Å². The molecule has 0 saturated heterocycles. The molecule has 3 aromatic carbocycles. The molecule has 0 aliphatic carbocycles. The Kier molecular flexibility index (Phi) is 6.94. The van der Waals surface area contributed by atoms with E-state index in [2.05, 4.69) is 15.6 Å². The van der Waals surface area contributed by atoms with Crippen molar-refractivity contribution in [1.82, 2.24) is 15.6 Å². The van der Waals surface area contributed by atoms with Crippen molar-refractivity contribution in [1.29, 1.82) is 0 Å². The van der Waals surface area contributed by atoms with Gasteiger partial charge in [0.2, 0.25) is 0 Å². The molecule has 0 aliphatic rings. The number of benzene rings is 3. The highest BCUT2D eigenvalue weighted by Crippen LogP contribution is 2.43. The largest absolute Gasteiger partial charge is 0.397 e. The van der Waals surface area contributed by atoms with Crippen molar-refractivity contribution in [3.63, 3.8) is 0 Å². The van der Waals surface area contributed by atoms with Gasteiger partial charge in [-0.25, -0.2) is 5.01 Å². The predicted molar refractivity (Wildman–Crippen MR) is 156 cm³/mol. The van der Waals surface area contributed by atoms with Gasteiger partial charge in [-0.15, -0.1) is 21.5 Å². The number of hydrogen-bond acceptors (Lipinski definition) is 6. The molecule has 1 amide bonds. The first-order chi connectivity index (χ1) is 17.8. The number of carbonyl (C=O) groups excluding carboxylic acids is 1. The summed E-state index contributed by atoms with van der Waals surface area (Å²) in [6.45, 7) is 0. The Bertz CT molecular complexity index is 1640. The first-order valence-electron chi connectivity index (χ1n) is 10.9. The maximum absolute atomic E-state index is 13.4. The summed E-state index contributed by atoms with van der Waals surface area (Å²) in [7, 11) is 0. The zero-order valence-electron chi connectivity index (χ0n) is 19.0. The second kappa shape index (κ2) is 10.3. The molecule has 37 heavy (non-hydrogen) atoms. The molecule has 2 aromatic heterocycles. The average Bonchev–Trinajstić information content (AvgIpc) is 3.24. The van der Waals surface area contributed by atoms with Crippen LogP contribution in [0.5, 0.6) is 0 Å². The molecule has 0 unspecified atom stereocenters. The lowest BCUT2D eigenvalue weighted by Crippen LogP contribution is -2.49. The van der Waals surface area contributed by atoms with Gasteiger partial charge in [0.05, 0.1) is 16.4 Å². The number of rotatable bonds is 4. The van der Waals surface area contributed by atoms with E-state index < -0.39 is 5.91 Å². The highest BCUT2D eigenvalue weighted by Gasteiger charge is 2.26. The number of nitrogens with one attached hydrogen (secondary N) is 1. The Hall–Kier alpha value is -3.76. The number of anilines is 2. The van der Waals surface area contributed by atoms with Crippen molar-refractivity contribution in [2.24, 2.45) is 5.73 Å². The highest BCUT2D eigenvalue weighted by atomic mass is 35.5. The maximum Gasteiger partial charge on any atom is 0.282 e. The van der Waals surface area contributed by atoms with Gasteiger partial charge >= 0.3 is 0 Å². The number of halogens is 2. The van der Waals surface area contributed by atoms with Crippen molar-refractivity contribution in [2.45, 2.75) is 0 Å². The fourth-order valence-electron chi connectivity index (χ4n) is 3.91. The van der Waals surface area contributed by atoms with Crippen molar-refractivity contribution in [3.05, 3.63) is 93.8 Å². The third-order valence-electron chi connectivity index (χ3n) is 5.55. The Morgan fingerprint density at radius 3 is 2.22 bits per heavy atom. The summed E-state index contributed by atoms with van der Waals surface area (Å²) in [5.41, 5.74) is 19.1. The number of aromatic nitrogens is 2. The lowest BCUT2D eigenvalue weighted by atomic mass is 9.96. The number of hydrazine groups is 1. The average molecular weight is 566 g/mol. The number of amides is 1. The minimum absolute atomic E-state index is 0.117. The van der Waals surface area contributed by atoms with Crippen LogP contribution in [-0.2, 0) is 0 Å². The molecule has 0 saturated carbocycles. The summed E-state index contributed by atoms with van der Waals surface area (Å²) < 4.78 is 0. The standard InChI is InChI=1S/C26H18Cl2N6OS2/c27-16-11-12-18(17(28)13-16)34(26(30)36)33-24(35)23-21(29)20-19(14-7-3-1-4-8-14)22(31-32-25(20)37-23)15-9-5-2-6-10-15/h1-13H,29H2,(H2,30,36)(H,33,35). The number of hydrogen-bond donors (Lipinski definition) is 3. The van der Waals surface area contributed by atoms with E-state index in [4.69, 9.17) is 46.9 Å². The number of thiocarbonyl (C=S) groups is 1. The molecule has 2 heterocycles. The molecule has 7 nitrogen and oxygen atoms in total. The molecule has 0 aliphatic heterocycles. The monoisotopic (exact) mass is 564 g/mol. The minimum Gasteiger partial charge on any atom is -0.397 e. The molecular weight excluding hydrogens is 547 g/mol. The van der Waals surface area contributed by atoms with Crippen molar-refractivity contribution >= 4 is 79.4 Å². The van der Waals surface area contributed by atoms with E-state index in [0.29, 0.717) is 26.6 Å². The third-order valence-corrected chi connectivity index (χ3v) is 7.36. The summed E-state index contributed by atoms with van der Waals surface area (Å²) in [6, 6.07) is 24.2. The van der Waals surface area contributed by atoms with Crippen LogP contribution in [0.2, 0.25) is 10.0 Å². The normalized spacial score (nSPS) is 10.9. The number of nitrogens with zero attached hydrogens (tertiary/aromatic N) is 3. The van der Waals surface area contributed by atoms with E-state index in [0.717, 1.165) is 28.0 Å². The number of thiophene rings is 1. The second-order valence-corrected chi connectivity index (χ2v) is 10.2.